The van der Waals surface area contributed by atoms with Gasteiger partial charge < -0.3 is 4.81 Å². The van der Waals surface area contributed by atoms with E-state index in [4.69, 9.17) is 0 Å². The van der Waals surface area contributed by atoms with E-state index in [2.05, 4.69) is 55.9 Å². The topological polar surface area (TPSA) is 3.24 Å². The molecule has 0 unspecified atom stereocenters. The molecule has 2 rings (SSSR count). The van der Waals surface area contributed by atoms with Crippen molar-refractivity contribution in [2.24, 2.45) is 0 Å². The SMILES string of the molecule is CC(C)(C)N1[CH]C=CB1C#Cc1ccccc1. The Morgan fingerprint density at radius 3 is 2.47 bits per heavy atom. The second kappa shape index (κ2) is 4.81. The average molecular weight is 222 g/mol. The van der Waals surface area contributed by atoms with Crippen molar-refractivity contribution in [2.45, 2.75) is 26.3 Å². The molecule has 0 N–H and O–H groups in total. The van der Waals surface area contributed by atoms with Gasteiger partial charge in [-0.3, -0.25) is 0 Å². The second-order valence-corrected chi connectivity index (χ2v) is 5.19. The molecule has 1 aliphatic rings. The molecule has 0 saturated carbocycles. The van der Waals surface area contributed by atoms with E-state index in [9.17, 15) is 0 Å². The Morgan fingerprint density at radius 1 is 1.12 bits per heavy atom. The van der Waals surface area contributed by atoms with E-state index in [1.54, 1.807) is 0 Å². The summed E-state index contributed by atoms with van der Waals surface area (Å²) < 4.78 is 0. The molecule has 0 fully saturated rings. The maximum Gasteiger partial charge on any atom is 0.339 e. The van der Waals surface area contributed by atoms with Gasteiger partial charge in [-0.25, -0.2) is 0 Å². The molecule has 0 atom stereocenters. The van der Waals surface area contributed by atoms with Gasteiger partial charge >= 0.3 is 6.85 Å². The summed E-state index contributed by atoms with van der Waals surface area (Å²) in [5.74, 6) is 8.68. The van der Waals surface area contributed by atoms with E-state index in [1.165, 1.54) is 0 Å². The molecule has 0 saturated heterocycles. The zero-order valence-corrected chi connectivity index (χ0v) is 10.6. The maximum atomic E-state index is 3.31. The van der Waals surface area contributed by atoms with Crippen LogP contribution in [0.4, 0.5) is 0 Å². The third-order valence-corrected chi connectivity index (χ3v) is 2.75. The lowest BCUT2D eigenvalue weighted by Crippen LogP contribution is -2.45. The largest absolute Gasteiger partial charge is 0.339 e. The maximum absolute atomic E-state index is 3.31. The lowest BCUT2D eigenvalue weighted by Gasteiger charge is -2.33. The fraction of sp³-hybridized carbons (Fsp3) is 0.267. The van der Waals surface area contributed by atoms with E-state index in [1.807, 2.05) is 30.3 Å². The third-order valence-electron chi connectivity index (χ3n) is 2.75. The molecule has 0 amide bonds. The van der Waals surface area contributed by atoms with Gasteiger partial charge in [0.25, 0.3) is 0 Å². The Hall–Kier alpha value is -1.46. The minimum Gasteiger partial charge on any atom is -0.315 e. The van der Waals surface area contributed by atoms with Gasteiger partial charge in [-0.2, -0.15) is 0 Å². The van der Waals surface area contributed by atoms with E-state index in [-0.39, 0.29) is 12.4 Å². The average Bonchev–Trinajstić information content (AvgIpc) is 2.75. The van der Waals surface area contributed by atoms with Crippen molar-refractivity contribution in [1.82, 2.24) is 4.81 Å². The molecule has 1 radical (unpaired) electrons. The lowest BCUT2D eigenvalue weighted by molar-refractivity contribution is 0.311. The predicted octanol–water partition coefficient (Wildman–Crippen LogP) is 2.94. The number of benzene rings is 1. The summed E-state index contributed by atoms with van der Waals surface area (Å²) in [7, 11) is 0. The van der Waals surface area contributed by atoms with Crippen molar-refractivity contribution in [3.05, 3.63) is 54.5 Å². The van der Waals surface area contributed by atoms with Gasteiger partial charge in [-0.05, 0) is 32.9 Å². The first-order chi connectivity index (χ1) is 8.07. The summed E-state index contributed by atoms with van der Waals surface area (Å²) in [6.45, 7) is 8.91. The van der Waals surface area contributed by atoms with Crippen LogP contribution in [0.25, 0.3) is 0 Å². The summed E-state index contributed by atoms with van der Waals surface area (Å²) >= 11 is 0. The summed E-state index contributed by atoms with van der Waals surface area (Å²) in [5, 5.41) is 0. The molecule has 1 heterocycles. The molecule has 1 nitrogen and oxygen atoms in total. The minimum absolute atomic E-state index is 0.111. The molecule has 0 aromatic heterocycles. The van der Waals surface area contributed by atoms with Crippen LogP contribution in [0, 0.1) is 18.3 Å². The summed E-state index contributed by atoms with van der Waals surface area (Å²) in [5.41, 5.74) is 1.18. The Kier molecular flexibility index (Phi) is 3.40. The molecular formula is C15H17BN. The highest BCUT2D eigenvalue weighted by atomic mass is 15.1. The van der Waals surface area contributed by atoms with Crippen molar-refractivity contribution in [2.75, 3.05) is 0 Å². The van der Waals surface area contributed by atoms with Gasteiger partial charge in [0, 0.05) is 17.6 Å². The fourth-order valence-corrected chi connectivity index (χ4v) is 1.87. The number of nitrogens with zero attached hydrogens (tertiary/aromatic N) is 1. The van der Waals surface area contributed by atoms with Crippen LogP contribution in [0.5, 0.6) is 0 Å². The monoisotopic (exact) mass is 222 g/mol. The smallest absolute Gasteiger partial charge is 0.315 e. The first kappa shape index (κ1) is 12.0. The Morgan fingerprint density at radius 2 is 1.82 bits per heavy atom. The Balaban J connectivity index is 2.14. The van der Waals surface area contributed by atoms with Crippen molar-refractivity contribution >= 4 is 6.85 Å². The molecular weight excluding hydrogens is 205 g/mol. The molecule has 0 bridgehead atoms. The van der Waals surface area contributed by atoms with E-state index in [0.29, 0.717) is 0 Å². The van der Waals surface area contributed by atoms with E-state index < -0.39 is 0 Å². The van der Waals surface area contributed by atoms with Gasteiger partial charge in [0.05, 0.1) is 0 Å². The van der Waals surface area contributed by atoms with Gasteiger partial charge in [-0.1, -0.05) is 36.2 Å². The van der Waals surface area contributed by atoms with Gasteiger partial charge in [0.15, 0.2) is 0 Å². The highest BCUT2D eigenvalue weighted by Gasteiger charge is 2.31. The van der Waals surface area contributed by atoms with Gasteiger partial charge in [0.2, 0.25) is 0 Å². The number of hydrogen-bond donors (Lipinski definition) is 0. The lowest BCUT2D eigenvalue weighted by atomic mass is 9.61. The highest BCUT2D eigenvalue weighted by molar-refractivity contribution is 6.71. The van der Waals surface area contributed by atoms with Crippen molar-refractivity contribution < 1.29 is 0 Å². The van der Waals surface area contributed by atoms with Crippen LogP contribution in [0.3, 0.4) is 0 Å². The van der Waals surface area contributed by atoms with Gasteiger partial charge in [0.1, 0.15) is 0 Å². The van der Waals surface area contributed by atoms with Crippen LogP contribution in [0.2, 0.25) is 0 Å². The van der Waals surface area contributed by atoms with Crippen LogP contribution in [-0.2, 0) is 0 Å². The highest BCUT2D eigenvalue weighted by Crippen LogP contribution is 2.21. The van der Waals surface area contributed by atoms with Crippen molar-refractivity contribution in [3.63, 3.8) is 0 Å². The van der Waals surface area contributed by atoms with E-state index in [0.717, 1.165) is 5.56 Å². The molecule has 0 spiro atoms. The summed E-state index contributed by atoms with van der Waals surface area (Å²) in [6, 6.07) is 10.1. The van der Waals surface area contributed by atoms with Crippen LogP contribution in [0.1, 0.15) is 26.3 Å². The molecule has 2 heteroatoms. The second-order valence-electron chi connectivity index (χ2n) is 5.19. The minimum atomic E-state index is 0.111. The summed E-state index contributed by atoms with van der Waals surface area (Å²) in [6.07, 6.45) is 2.08. The Labute approximate surface area is 105 Å². The molecule has 1 aliphatic heterocycles. The van der Waals surface area contributed by atoms with E-state index >= 15 is 0 Å². The zero-order valence-electron chi connectivity index (χ0n) is 10.6. The van der Waals surface area contributed by atoms with Crippen LogP contribution in [-0.4, -0.2) is 17.2 Å². The first-order valence-electron chi connectivity index (χ1n) is 5.94. The number of rotatable bonds is 0. The van der Waals surface area contributed by atoms with Crippen molar-refractivity contribution in [1.29, 1.82) is 0 Å². The normalized spacial score (nSPS) is 15.8. The molecule has 85 valence electrons. The Bertz CT molecular complexity index is 459. The molecule has 17 heavy (non-hydrogen) atoms. The van der Waals surface area contributed by atoms with Crippen LogP contribution >= 0.6 is 0 Å². The van der Waals surface area contributed by atoms with Crippen LogP contribution < -0.4 is 0 Å². The number of hydrogen-bond acceptors (Lipinski definition) is 1. The summed E-state index contributed by atoms with van der Waals surface area (Å²) in [4.78, 5) is 2.28. The van der Waals surface area contributed by atoms with Crippen LogP contribution in [0.15, 0.2) is 42.4 Å². The predicted molar refractivity (Wildman–Crippen MR) is 74.1 cm³/mol. The third kappa shape index (κ3) is 3.02. The zero-order chi connectivity index (χ0) is 12.3. The molecule has 1 aromatic rings. The van der Waals surface area contributed by atoms with Crippen molar-refractivity contribution in [3.8, 4) is 11.7 Å². The van der Waals surface area contributed by atoms with Gasteiger partial charge in [-0.15, -0.1) is 5.82 Å². The molecule has 1 aromatic carbocycles. The standard InChI is InChI=1S/C15H17BN/c1-15(2,3)17-13-7-11-16(17)12-10-14-8-5-4-6-9-14/h4-9,11,13H,1-3H3. The first-order valence-corrected chi connectivity index (χ1v) is 5.94. The molecule has 0 aliphatic carbocycles. The fourth-order valence-electron chi connectivity index (χ4n) is 1.87. The quantitative estimate of drug-likeness (QED) is 0.481.